The van der Waals surface area contributed by atoms with Gasteiger partial charge >= 0.3 is 0 Å². The third kappa shape index (κ3) is 3.81. The van der Waals surface area contributed by atoms with Crippen LogP contribution in [0.25, 0.3) is 10.9 Å². The van der Waals surface area contributed by atoms with Crippen LogP contribution < -0.4 is 14.2 Å². The van der Waals surface area contributed by atoms with Crippen molar-refractivity contribution < 1.29 is 26.7 Å². The van der Waals surface area contributed by atoms with Crippen molar-refractivity contribution in [3.63, 3.8) is 0 Å². The highest BCUT2D eigenvalue weighted by molar-refractivity contribution is 9.10. The van der Waals surface area contributed by atoms with Gasteiger partial charge in [-0.1, -0.05) is 6.07 Å². The van der Waals surface area contributed by atoms with E-state index >= 15 is 0 Å². The van der Waals surface area contributed by atoms with Crippen LogP contribution in [-0.4, -0.2) is 43.8 Å². The number of rotatable bonds is 7. The molecule has 27 heavy (non-hydrogen) atoms. The highest BCUT2D eigenvalue weighted by Gasteiger charge is 2.23. The summed E-state index contributed by atoms with van der Waals surface area (Å²) in [5, 5.41) is 0.165. The summed E-state index contributed by atoms with van der Waals surface area (Å²) >= 11 is 3.04. The number of methoxy groups -OCH3 is 1. The number of halogens is 3. The van der Waals surface area contributed by atoms with E-state index in [9.17, 15) is 17.2 Å². The minimum Gasteiger partial charge on any atom is -0.484 e. The Morgan fingerprint density at radius 1 is 1.37 bits per heavy atom. The Bertz CT molecular complexity index is 1090. The van der Waals surface area contributed by atoms with E-state index in [4.69, 9.17) is 9.47 Å². The predicted octanol–water partition coefficient (Wildman–Crippen LogP) is 3.02. The average Bonchev–Trinajstić information content (AvgIpc) is 3.09. The van der Waals surface area contributed by atoms with Crippen molar-refractivity contribution in [3.05, 3.63) is 34.8 Å². The molecule has 1 aromatic carbocycles. The molecule has 0 bridgehead atoms. The zero-order valence-electron chi connectivity index (χ0n) is 13.8. The van der Waals surface area contributed by atoms with E-state index in [2.05, 4.69) is 35.6 Å². The monoisotopic (exact) mass is 462 g/mol. The molecule has 2 aromatic heterocycles. The second-order valence-electron chi connectivity index (χ2n) is 5.15. The van der Waals surface area contributed by atoms with E-state index in [1.807, 2.05) is 0 Å². The fraction of sp³-hybridized carbons (Fsp3) is 0.200. The molecule has 0 saturated heterocycles. The van der Waals surface area contributed by atoms with Gasteiger partial charge in [-0.3, -0.25) is 0 Å². The summed E-state index contributed by atoms with van der Waals surface area (Å²) in [6.07, 6.45) is 2.32. The first-order chi connectivity index (χ1) is 12.9. The number of ether oxygens (including phenoxy) is 2. The van der Waals surface area contributed by atoms with Crippen molar-refractivity contribution >= 4 is 42.8 Å². The summed E-state index contributed by atoms with van der Waals surface area (Å²) in [6, 6.07) is 2.87. The molecule has 0 amide bonds. The lowest BCUT2D eigenvalue weighted by molar-refractivity contribution is 0.256. The van der Waals surface area contributed by atoms with Crippen LogP contribution in [-0.2, 0) is 10.0 Å². The van der Waals surface area contributed by atoms with Gasteiger partial charge in [0, 0.05) is 11.6 Å². The molecule has 0 aliphatic carbocycles. The topological polar surface area (TPSA) is 106 Å². The van der Waals surface area contributed by atoms with Crippen LogP contribution in [0.1, 0.15) is 0 Å². The number of nitrogens with zero attached hydrogens (tertiary/aromatic N) is 2. The van der Waals surface area contributed by atoms with Crippen LogP contribution in [0.5, 0.6) is 11.6 Å². The lowest BCUT2D eigenvalue weighted by Crippen LogP contribution is -2.15. The van der Waals surface area contributed by atoms with Gasteiger partial charge in [0.05, 0.1) is 23.3 Å². The van der Waals surface area contributed by atoms with Crippen molar-refractivity contribution in [2.24, 2.45) is 0 Å². The molecule has 8 nitrogen and oxygen atoms in total. The number of alkyl halides is 1. The number of aromatic amines is 1. The number of benzene rings is 1. The number of aromatic nitrogens is 3. The fourth-order valence-corrected chi connectivity index (χ4v) is 3.76. The van der Waals surface area contributed by atoms with Gasteiger partial charge in [-0.25, -0.2) is 26.9 Å². The van der Waals surface area contributed by atoms with Crippen molar-refractivity contribution in [2.45, 2.75) is 4.90 Å². The molecule has 0 fully saturated rings. The molecule has 2 N–H and O–H groups in total. The molecule has 2 heterocycles. The van der Waals surface area contributed by atoms with Gasteiger partial charge in [-0.2, -0.15) is 4.98 Å². The van der Waals surface area contributed by atoms with E-state index in [0.717, 1.165) is 6.20 Å². The molecule has 0 saturated carbocycles. The molecule has 0 spiro atoms. The first kappa shape index (κ1) is 19.3. The SMILES string of the molecule is COc1nc(NS(=O)(=O)c2c[nH]c3c(F)c(Br)ccc23)ncc1OCCF. The van der Waals surface area contributed by atoms with Gasteiger partial charge in [0.2, 0.25) is 5.95 Å². The number of anilines is 1. The summed E-state index contributed by atoms with van der Waals surface area (Å²) in [7, 11) is -2.83. The van der Waals surface area contributed by atoms with Crippen LogP contribution >= 0.6 is 15.9 Å². The Labute approximate surface area is 161 Å². The first-order valence-corrected chi connectivity index (χ1v) is 9.72. The molecule has 0 unspecified atom stereocenters. The summed E-state index contributed by atoms with van der Waals surface area (Å²) in [6.45, 7) is -0.938. The fourth-order valence-electron chi connectivity index (χ4n) is 2.31. The quantitative estimate of drug-likeness (QED) is 0.558. The first-order valence-electron chi connectivity index (χ1n) is 7.45. The number of hydrogen-bond acceptors (Lipinski definition) is 6. The van der Waals surface area contributed by atoms with Crippen LogP contribution in [0.3, 0.4) is 0 Å². The zero-order chi connectivity index (χ0) is 19.6. The molecule has 3 aromatic rings. The van der Waals surface area contributed by atoms with Gasteiger partial charge in [-0.15, -0.1) is 0 Å². The minimum atomic E-state index is -4.13. The van der Waals surface area contributed by atoms with E-state index in [0.29, 0.717) is 0 Å². The van der Waals surface area contributed by atoms with Crippen molar-refractivity contribution in [1.82, 2.24) is 15.0 Å². The molecule has 0 aliphatic rings. The number of fused-ring (bicyclic) bond motifs is 1. The van der Waals surface area contributed by atoms with Gasteiger partial charge in [0.15, 0.2) is 11.6 Å². The van der Waals surface area contributed by atoms with Crippen LogP contribution in [0, 0.1) is 5.82 Å². The van der Waals surface area contributed by atoms with Crippen LogP contribution in [0.2, 0.25) is 0 Å². The summed E-state index contributed by atoms with van der Waals surface area (Å²) in [4.78, 5) is 10.1. The van der Waals surface area contributed by atoms with Gasteiger partial charge < -0.3 is 14.5 Å². The summed E-state index contributed by atoms with van der Waals surface area (Å²) in [5.41, 5.74) is 0.0400. The Kier molecular flexibility index (Phi) is 5.46. The highest BCUT2D eigenvalue weighted by Crippen LogP contribution is 2.30. The minimum absolute atomic E-state index is 0.0400. The molecule has 3 rings (SSSR count). The lowest BCUT2D eigenvalue weighted by Gasteiger charge is -2.10. The Morgan fingerprint density at radius 3 is 2.85 bits per heavy atom. The van der Waals surface area contributed by atoms with Crippen molar-refractivity contribution in [2.75, 3.05) is 25.1 Å². The normalized spacial score (nSPS) is 11.6. The third-order valence-corrected chi connectivity index (χ3v) is 5.45. The number of nitrogens with one attached hydrogen (secondary N) is 2. The van der Waals surface area contributed by atoms with Crippen molar-refractivity contribution in [3.8, 4) is 11.6 Å². The highest BCUT2D eigenvalue weighted by atomic mass is 79.9. The van der Waals surface area contributed by atoms with Gasteiger partial charge in [0.1, 0.15) is 18.2 Å². The molecule has 144 valence electrons. The Morgan fingerprint density at radius 2 is 2.15 bits per heavy atom. The maximum absolute atomic E-state index is 14.1. The maximum Gasteiger partial charge on any atom is 0.266 e. The van der Waals surface area contributed by atoms with Gasteiger partial charge in [-0.05, 0) is 22.0 Å². The molecular weight excluding hydrogens is 450 g/mol. The lowest BCUT2D eigenvalue weighted by atomic mass is 10.2. The number of hydrogen-bond donors (Lipinski definition) is 2. The predicted molar refractivity (Wildman–Crippen MR) is 96.8 cm³/mol. The van der Waals surface area contributed by atoms with E-state index in [1.165, 1.54) is 25.4 Å². The second-order valence-corrected chi connectivity index (χ2v) is 7.65. The largest absolute Gasteiger partial charge is 0.484 e. The Balaban J connectivity index is 1.94. The number of H-pyrrole nitrogens is 1. The van der Waals surface area contributed by atoms with E-state index < -0.39 is 22.5 Å². The number of sulfonamides is 1. The molecule has 0 radical (unpaired) electrons. The van der Waals surface area contributed by atoms with E-state index in [-0.39, 0.29) is 44.5 Å². The molecule has 0 aliphatic heterocycles. The van der Waals surface area contributed by atoms with Crippen LogP contribution in [0.15, 0.2) is 33.9 Å². The average molecular weight is 463 g/mol. The third-order valence-electron chi connectivity index (χ3n) is 3.47. The molecular formula is C15H13BrF2N4O4S. The van der Waals surface area contributed by atoms with E-state index in [1.54, 1.807) is 0 Å². The smallest absolute Gasteiger partial charge is 0.266 e. The molecule has 12 heteroatoms. The maximum atomic E-state index is 14.1. The summed E-state index contributed by atoms with van der Waals surface area (Å²) in [5.74, 6) is -0.894. The van der Waals surface area contributed by atoms with Gasteiger partial charge in [0.25, 0.3) is 15.9 Å². The second kappa shape index (κ2) is 7.64. The standard InChI is InChI=1S/C15H13BrF2N4O4S/c1-25-14-10(26-5-4-17)6-20-15(21-14)22-27(23,24)11-7-19-13-8(11)2-3-9(16)12(13)18/h2-3,6-7,19H,4-5H2,1H3,(H,20,21,22). The van der Waals surface area contributed by atoms with Crippen molar-refractivity contribution in [1.29, 1.82) is 0 Å². The zero-order valence-corrected chi connectivity index (χ0v) is 16.2. The van der Waals surface area contributed by atoms with Crippen LogP contribution in [0.4, 0.5) is 14.7 Å². The molecule has 0 atom stereocenters. The summed E-state index contributed by atoms with van der Waals surface area (Å²) < 4.78 is 64.1. The Hall–Kier alpha value is -2.47.